The minimum Gasteiger partial charge on any atom is -0.756 e. The average Bonchev–Trinajstić information content (AvgIpc) is 3.23. The lowest BCUT2D eigenvalue weighted by molar-refractivity contribution is -0.870. The Morgan fingerprint density at radius 2 is 0.903 bits per heavy atom. The number of hydrogen-bond acceptors (Lipinski definition) is 8. The van der Waals surface area contributed by atoms with Gasteiger partial charge < -0.3 is 27.9 Å². The lowest BCUT2D eigenvalue weighted by Gasteiger charge is -2.28. The van der Waals surface area contributed by atoms with E-state index < -0.39 is 32.5 Å². The van der Waals surface area contributed by atoms with E-state index in [0.29, 0.717) is 23.9 Å². The minimum atomic E-state index is -4.67. The van der Waals surface area contributed by atoms with Crippen LogP contribution in [-0.2, 0) is 32.7 Å². The molecule has 0 rings (SSSR count). The predicted octanol–water partition coefficient (Wildman–Crippen LogP) is 12.8. The van der Waals surface area contributed by atoms with Crippen LogP contribution in [0.15, 0.2) is 134 Å². The highest BCUT2D eigenvalue weighted by molar-refractivity contribution is 7.45. The molecule has 0 amide bonds. The number of ether oxygens (including phenoxy) is 2. The molecule has 62 heavy (non-hydrogen) atoms. The van der Waals surface area contributed by atoms with Crippen molar-refractivity contribution in [2.75, 3.05) is 47.5 Å². The molecule has 0 bridgehead atoms. The molecule has 0 N–H and O–H groups in total. The molecule has 0 aliphatic carbocycles. The summed E-state index contributed by atoms with van der Waals surface area (Å²) >= 11 is 0. The minimum absolute atomic E-state index is 0.0638. The van der Waals surface area contributed by atoms with Crippen molar-refractivity contribution in [1.82, 2.24) is 0 Å². The van der Waals surface area contributed by atoms with Crippen molar-refractivity contribution >= 4 is 19.8 Å². The first kappa shape index (κ1) is 58.1. The van der Waals surface area contributed by atoms with Gasteiger partial charge in [-0.1, -0.05) is 160 Å². The molecule has 0 radical (unpaired) electrons. The molecule has 0 fully saturated rings. The Kier molecular flexibility index (Phi) is 39.8. The normalized spacial score (nSPS) is 14.7. The van der Waals surface area contributed by atoms with Crippen molar-refractivity contribution in [1.29, 1.82) is 0 Å². The van der Waals surface area contributed by atoms with Crippen LogP contribution in [-0.4, -0.2) is 70.0 Å². The Morgan fingerprint density at radius 1 is 0.516 bits per heavy atom. The van der Waals surface area contributed by atoms with E-state index in [1.54, 1.807) is 0 Å². The third-order valence-corrected chi connectivity index (χ3v) is 9.65. The topological polar surface area (TPSA) is 111 Å². The van der Waals surface area contributed by atoms with Crippen LogP contribution in [0.4, 0.5) is 0 Å². The van der Waals surface area contributed by atoms with Gasteiger partial charge in [0.25, 0.3) is 7.82 Å². The molecule has 0 aromatic rings. The van der Waals surface area contributed by atoms with E-state index in [4.69, 9.17) is 18.5 Å². The van der Waals surface area contributed by atoms with Crippen LogP contribution < -0.4 is 4.89 Å². The summed E-state index contributed by atoms with van der Waals surface area (Å²) in [7, 11) is 1.06. The standard InChI is InChI=1S/C52H82NO8P/c1-6-8-10-12-14-16-18-20-22-24-26-28-30-32-34-36-38-40-42-44-51(54)58-48-50(49-60-62(56,57)59-47-46-53(3,4)5)61-52(55)45-43-41-39-37-35-33-31-29-27-25-23-21-19-17-15-13-11-9-7-2/h8,10,14-17,20-23,26-29,32-35,38-41,50H,6-7,9,11-13,18-19,24-25,30-31,36-37,42-49H2,1-5H3/b10-8+,16-14+,17-15+,22-20+,23-21+,28-26+,29-27+,34-32+,35-33+,40-38+,41-39+/t50-/m1/s1. The van der Waals surface area contributed by atoms with Gasteiger partial charge in [-0.15, -0.1) is 0 Å². The number of rotatable bonds is 39. The number of unbranched alkanes of at least 4 members (excludes halogenated alkanes) is 3. The van der Waals surface area contributed by atoms with Gasteiger partial charge in [0, 0.05) is 12.8 Å². The number of allylic oxidation sites excluding steroid dienone is 22. The van der Waals surface area contributed by atoms with Crippen LogP contribution in [0.5, 0.6) is 0 Å². The van der Waals surface area contributed by atoms with Crippen LogP contribution in [0, 0.1) is 0 Å². The first-order valence-corrected chi connectivity index (χ1v) is 24.4. The zero-order valence-corrected chi connectivity index (χ0v) is 39.9. The fraction of sp³-hybridized carbons (Fsp3) is 0.538. The zero-order valence-electron chi connectivity index (χ0n) is 39.0. The van der Waals surface area contributed by atoms with Crippen molar-refractivity contribution in [2.45, 2.75) is 136 Å². The van der Waals surface area contributed by atoms with Gasteiger partial charge in [0.15, 0.2) is 6.10 Å². The molecule has 0 aromatic carbocycles. The molecule has 2 atom stereocenters. The first-order valence-electron chi connectivity index (χ1n) is 22.9. The summed E-state index contributed by atoms with van der Waals surface area (Å²) < 4.78 is 33.7. The molecule has 0 saturated heterocycles. The van der Waals surface area contributed by atoms with Gasteiger partial charge >= 0.3 is 11.9 Å². The lowest BCUT2D eigenvalue weighted by Crippen LogP contribution is -2.37. The third-order valence-electron chi connectivity index (χ3n) is 8.68. The van der Waals surface area contributed by atoms with E-state index in [1.165, 1.54) is 25.7 Å². The highest BCUT2D eigenvalue weighted by Gasteiger charge is 2.21. The SMILES string of the molecule is CC/C=C/C/C=C/C/C=C/C/C=C/C/C=C/C/C=C/CCC(=O)OC[C@H](COP(=O)([O-])OCC[N+](C)(C)C)OC(=O)CC/C=C/C/C=C/C/C=C/C/C=C/C/C=C/CCCCC. The maximum absolute atomic E-state index is 12.7. The number of carbonyl (C=O) groups is 2. The lowest BCUT2D eigenvalue weighted by atomic mass is 10.2. The zero-order chi connectivity index (χ0) is 45.7. The maximum Gasteiger partial charge on any atom is 0.306 e. The van der Waals surface area contributed by atoms with E-state index in [0.717, 1.165) is 64.2 Å². The Hall–Kier alpha value is -3.85. The molecule has 0 heterocycles. The molecule has 0 saturated carbocycles. The molecule has 0 spiro atoms. The fourth-order valence-corrected chi connectivity index (χ4v) is 5.86. The smallest absolute Gasteiger partial charge is 0.306 e. The van der Waals surface area contributed by atoms with E-state index in [9.17, 15) is 19.0 Å². The average molecular weight is 880 g/mol. The molecule has 0 aliphatic rings. The van der Waals surface area contributed by atoms with Crippen LogP contribution in [0.1, 0.15) is 129 Å². The largest absolute Gasteiger partial charge is 0.756 e. The number of hydrogen-bond donors (Lipinski definition) is 0. The second kappa shape index (κ2) is 42.5. The molecule has 0 aliphatic heterocycles. The highest BCUT2D eigenvalue weighted by Crippen LogP contribution is 2.38. The number of likely N-dealkylation sites (N-methyl/N-ethyl adjacent to an activating group) is 1. The van der Waals surface area contributed by atoms with Crippen LogP contribution in [0.2, 0.25) is 0 Å². The summed E-state index contributed by atoms with van der Waals surface area (Å²) in [5.41, 5.74) is 0. The summed E-state index contributed by atoms with van der Waals surface area (Å²) in [6.07, 6.45) is 60.8. The number of esters is 2. The molecule has 9 nitrogen and oxygen atoms in total. The Morgan fingerprint density at radius 3 is 1.31 bits per heavy atom. The Labute approximate surface area is 377 Å². The van der Waals surface area contributed by atoms with Gasteiger partial charge in [-0.05, 0) is 89.9 Å². The van der Waals surface area contributed by atoms with Crippen LogP contribution >= 0.6 is 7.82 Å². The van der Waals surface area contributed by atoms with E-state index >= 15 is 0 Å². The summed E-state index contributed by atoms with van der Waals surface area (Å²) in [6.45, 7) is 3.87. The van der Waals surface area contributed by atoms with Gasteiger partial charge in [0.05, 0.1) is 27.7 Å². The van der Waals surface area contributed by atoms with E-state index in [-0.39, 0.29) is 26.1 Å². The van der Waals surface area contributed by atoms with Gasteiger partial charge in [-0.25, -0.2) is 0 Å². The van der Waals surface area contributed by atoms with Crippen molar-refractivity contribution in [3.8, 4) is 0 Å². The summed E-state index contributed by atoms with van der Waals surface area (Å²) in [5, 5.41) is 0. The van der Waals surface area contributed by atoms with E-state index in [2.05, 4.69) is 123 Å². The number of carbonyl (C=O) groups excluding carboxylic acids is 2. The molecule has 348 valence electrons. The molecule has 0 aromatic heterocycles. The van der Waals surface area contributed by atoms with Gasteiger partial charge in [-0.2, -0.15) is 0 Å². The summed E-state index contributed by atoms with van der Waals surface area (Å²) in [6, 6.07) is 0. The van der Waals surface area contributed by atoms with Crippen molar-refractivity contribution in [3.05, 3.63) is 134 Å². The quantitative estimate of drug-likeness (QED) is 0.0197. The number of nitrogens with zero attached hydrogens (tertiary/aromatic N) is 1. The molecular weight excluding hydrogens is 798 g/mol. The summed E-state index contributed by atoms with van der Waals surface area (Å²) in [5.74, 6) is -1.04. The second-order valence-corrected chi connectivity index (χ2v) is 17.1. The summed E-state index contributed by atoms with van der Waals surface area (Å²) in [4.78, 5) is 37.5. The van der Waals surface area contributed by atoms with Crippen molar-refractivity contribution < 1.29 is 42.1 Å². The van der Waals surface area contributed by atoms with Crippen molar-refractivity contribution in [2.24, 2.45) is 0 Å². The predicted molar refractivity (Wildman–Crippen MR) is 258 cm³/mol. The highest BCUT2D eigenvalue weighted by atomic mass is 31.2. The fourth-order valence-electron chi connectivity index (χ4n) is 5.13. The number of phosphoric ester groups is 1. The first-order chi connectivity index (χ1) is 30.0. The Bertz CT molecular complexity index is 1510. The van der Waals surface area contributed by atoms with Gasteiger partial charge in [0.2, 0.25) is 0 Å². The van der Waals surface area contributed by atoms with Gasteiger partial charge in [-0.3, -0.25) is 14.2 Å². The second-order valence-electron chi connectivity index (χ2n) is 15.7. The molecular formula is C52H82NO8P. The van der Waals surface area contributed by atoms with Crippen LogP contribution in [0.3, 0.4) is 0 Å². The number of phosphoric acid groups is 1. The van der Waals surface area contributed by atoms with Crippen LogP contribution in [0.25, 0.3) is 0 Å². The van der Waals surface area contributed by atoms with Crippen molar-refractivity contribution in [3.63, 3.8) is 0 Å². The molecule has 10 heteroatoms. The van der Waals surface area contributed by atoms with E-state index in [1.807, 2.05) is 45.4 Å². The Balaban J connectivity index is 4.61. The van der Waals surface area contributed by atoms with Gasteiger partial charge in [0.1, 0.15) is 19.8 Å². The monoisotopic (exact) mass is 880 g/mol. The third kappa shape index (κ3) is 45.7. The number of quaternary nitrogens is 1. The molecule has 1 unspecified atom stereocenters. The maximum atomic E-state index is 12.7.